The first kappa shape index (κ1) is 15.9. The summed E-state index contributed by atoms with van der Waals surface area (Å²) in [6, 6.07) is -0.625. The Balaban J connectivity index is 3.57. The van der Waals surface area contributed by atoms with Crippen molar-refractivity contribution in [3.05, 3.63) is 0 Å². The lowest BCUT2D eigenvalue weighted by molar-refractivity contribution is -0.140. The molecule has 0 rings (SSSR count). The summed E-state index contributed by atoms with van der Waals surface area (Å²) >= 11 is 0. The molecule has 0 aromatic rings. The van der Waals surface area contributed by atoms with Gasteiger partial charge in [0.05, 0.1) is 13.2 Å². The van der Waals surface area contributed by atoms with Crippen LogP contribution >= 0.6 is 0 Å². The Morgan fingerprint density at radius 2 is 2.00 bits per heavy atom. The van der Waals surface area contributed by atoms with Crippen molar-refractivity contribution in [1.29, 1.82) is 0 Å². The molecule has 0 saturated carbocycles. The third-order valence-corrected chi connectivity index (χ3v) is 2.55. The number of esters is 1. The second-order valence-corrected chi connectivity index (χ2v) is 4.07. The fraction of sp³-hybridized carbons (Fsp3) is 0.833. The molecule has 5 nitrogen and oxygen atoms in total. The summed E-state index contributed by atoms with van der Waals surface area (Å²) in [6.07, 6.45) is 4.96. The van der Waals surface area contributed by atoms with Gasteiger partial charge in [-0.1, -0.05) is 26.2 Å². The number of nitrogens with two attached hydrogens (primary N) is 1. The Hall–Kier alpha value is -1.10. The number of carbonyl (C=O) groups excluding carboxylic acids is 2. The van der Waals surface area contributed by atoms with Crippen LogP contribution in [0.25, 0.3) is 0 Å². The molecule has 1 unspecified atom stereocenters. The maximum absolute atomic E-state index is 11.5. The van der Waals surface area contributed by atoms with E-state index in [1.165, 1.54) is 20.0 Å². The Bertz CT molecular complexity index is 232. The van der Waals surface area contributed by atoms with Crippen LogP contribution in [0.15, 0.2) is 0 Å². The van der Waals surface area contributed by atoms with Crippen LogP contribution in [0, 0.1) is 0 Å². The van der Waals surface area contributed by atoms with Gasteiger partial charge in [-0.2, -0.15) is 0 Å². The minimum absolute atomic E-state index is 0.181. The smallest absolute Gasteiger partial charge is 0.305 e. The van der Waals surface area contributed by atoms with Gasteiger partial charge in [-0.15, -0.1) is 0 Å². The van der Waals surface area contributed by atoms with Crippen molar-refractivity contribution >= 4 is 11.9 Å². The Kier molecular flexibility index (Phi) is 9.43. The number of carbonyl (C=O) groups is 2. The topological polar surface area (TPSA) is 81.4 Å². The highest BCUT2D eigenvalue weighted by Gasteiger charge is 2.14. The van der Waals surface area contributed by atoms with Gasteiger partial charge in [-0.3, -0.25) is 9.59 Å². The molecule has 0 aliphatic heterocycles. The fourth-order valence-electron chi connectivity index (χ4n) is 1.40. The van der Waals surface area contributed by atoms with Gasteiger partial charge in [-0.25, -0.2) is 0 Å². The number of methoxy groups -OCH3 is 1. The molecule has 17 heavy (non-hydrogen) atoms. The van der Waals surface area contributed by atoms with Crippen LogP contribution in [0.4, 0.5) is 0 Å². The molecule has 100 valence electrons. The van der Waals surface area contributed by atoms with Crippen LogP contribution in [0.1, 0.15) is 45.4 Å². The summed E-state index contributed by atoms with van der Waals surface area (Å²) in [5.41, 5.74) is 5.64. The number of unbranched alkanes of at least 4 members (excludes halogenated alkanes) is 3. The summed E-state index contributed by atoms with van der Waals surface area (Å²) in [5.74, 6) is -0.526. The van der Waals surface area contributed by atoms with E-state index in [1.807, 2.05) is 0 Å². The molecular formula is C12H24N2O3. The van der Waals surface area contributed by atoms with E-state index in [4.69, 9.17) is 5.73 Å². The molecule has 0 aromatic heterocycles. The van der Waals surface area contributed by atoms with Gasteiger partial charge >= 0.3 is 5.97 Å². The van der Waals surface area contributed by atoms with Gasteiger partial charge in [0.25, 0.3) is 0 Å². The van der Waals surface area contributed by atoms with Crippen molar-refractivity contribution in [3.63, 3.8) is 0 Å². The fourth-order valence-corrected chi connectivity index (χ4v) is 1.40. The van der Waals surface area contributed by atoms with Crippen LogP contribution in [0.3, 0.4) is 0 Å². The molecule has 5 heteroatoms. The predicted octanol–water partition coefficient (Wildman–Crippen LogP) is 0.963. The molecule has 0 aliphatic carbocycles. The zero-order valence-electron chi connectivity index (χ0n) is 10.8. The average Bonchev–Trinajstić information content (AvgIpc) is 2.34. The summed E-state index contributed by atoms with van der Waals surface area (Å²) in [7, 11) is 1.32. The quantitative estimate of drug-likeness (QED) is 0.467. The molecule has 0 radical (unpaired) electrons. The zero-order chi connectivity index (χ0) is 13.1. The van der Waals surface area contributed by atoms with Gasteiger partial charge in [0.15, 0.2) is 0 Å². The lowest BCUT2D eigenvalue weighted by Gasteiger charge is -2.11. The number of ether oxygens (including phenoxy) is 1. The number of rotatable bonds is 9. The Morgan fingerprint density at radius 3 is 2.59 bits per heavy atom. The number of amides is 1. The molecular weight excluding hydrogens is 220 g/mol. The first-order valence-corrected chi connectivity index (χ1v) is 6.22. The van der Waals surface area contributed by atoms with Gasteiger partial charge in [0.1, 0.15) is 0 Å². The van der Waals surface area contributed by atoms with E-state index in [0.717, 1.165) is 12.8 Å². The summed E-state index contributed by atoms with van der Waals surface area (Å²) < 4.78 is 4.48. The van der Waals surface area contributed by atoms with Crippen molar-refractivity contribution in [3.8, 4) is 0 Å². The Morgan fingerprint density at radius 1 is 1.29 bits per heavy atom. The van der Waals surface area contributed by atoms with Crippen molar-refractivity contribution in [2.24, 2.45) is 5.73 Å². The summed E-state index contributed by atoms with van der Waals surface area (Å²) in [5, 5.41) is 2.77. The van der Waals surface area contributed by atoms with Crippen LogP contribution in [0.2, 0.25) is 0 Å². The lowest BCUT2D eigenvalue weighted by Crippen LogP contribution is -2.41. The lowest BCUT2D eigenvalue weighted by atomic mass is 10.1. The van der Waals surface area contributed by atoms with Gasteiger partial charge in [-0.05, 0) is 12.8 Å². The maximum Gasteiger partial charge on any atom is 0.305 e. The monoisotopic (exact) mass is 244 g/mol. The predicted molar refractivity (Wildman–Crippen MR) is 66.4 cm³/mol. The number of nitrogens with one attached hydrogen (secondary N) is 1. The van der Waals surface area contributed by atoms with Gasteiger partial charge < -0.3 is 15.8 Å². The largest absolute Gasteiger partial charge is 0.469 e. The van der Waals surface area contributed by atoms with E-state index >= 15 is 0 Å². The minimum atomic E-state index is -0.625. The summed E-state index contributed by atoms with van der Waals surface area (Å²) in [6.45, 7) is 2.80. The SMILES string of the molecule is CCCCCCNC(=O)C(N)CCC(=O)OC. The Labute approximate surface area is 103 Å². The van der Waals surface area contributed by atoms with Crippen LogP contribution in [-0.2, 0) is 14.3 Å². The molecule has 1 atom stereocenters. The molecule has 0 bridgehead atoms. The molecule has 0 aromatic carbocycles. The van der Waals surface area contributed by atoms with Crippen LogP contribution < -0.4 is 11.1 Å². The first-order valence-electron chi connectivity index (χ1n) is 6.22. The summed E-state index contributed by atoms with van der Waals surface area (Å²) in [4.78, 5) is 22.3. The molecule has 0 fully saturated rings. The highest BCUT2D eigenvalue weighted by molar-refractivity contribution is 5.82. The minimum Gasteiger partial charge on any atom is -0.469 e. The highest BCUT2D eigenvalue weighted by Crippen LogP contribution is 1.99. The van der Waals surface area contributed by atoms with E-state index in [0.29, 0.717) is 13.0 Å². The van der Waals surface area contributed by atoms with E-state index < -0.39 is 6.04 Å². The van der Waals surface area contributed by atoms with E-state index in [1.54, 1.807) is 0 Å². The first-order chi connectivity index (χ1) is 8.11. The third-order valence-electron chi connectivity index (χ3n) is 2.55. The standard InChI is InChI=1S/C12H24N2O3/c1-3-4-5-6-9-14-12(16)10(13)7-8-11(15)17-2/h10H,3-9,13H2,1-2H3,(H,14,16). The number of hydrogen-bond donors (Lipinski definition) is 2. The van der Waals surface area contributed by atoms with Crippen molar-refractivity contribution < 1.29 is 14.3 Å². The zero-order valence-corrected chi connectivity index (χ0v) is 10.8. The van der Waals surface area contributed by atoms with Gasteiger partial charge in [0.2, 0.25) is 5.91 Å². The molecule has 0 saturated heterocycles. The van der Waals surface area contributed by atoms with Crippen molar-refractivity contribution in [2.75, 3.05) is 13.7 Å². The molecule has 3 N–H and O–H groups in total. The van der Waals surface area contributed by atoms with Crippen LogP contribution in [-0.4, -0.2) is 31.6 Å². The maximum atomic E-state index is 11.5. The highest BCUT2D eigenvalue weighted by atomic mass is 16.5. The van der Waals surface area contributed by atoms with Crippen molar-refractivity contribution in [2.45, 2.75) is 51.5 Å². The van der Waals surface area contributed by atoms with Crippen molar-refractivity contribution in [1.82, 2.24) is 5.32 Å². The third kappa shape index (κ3) is 8.68. The van der Waals surface area contributed by atoms with E-state index in [9.17, 15) is 9.59 Å². The second kappa shape index (κ2) is 10.1. The molecule has 0 heterocycles. The second-order valence-electron chi connectivity index (χ2n) is 4.07. The molecule has 0 spiro atoms. The van der Waals surface area contributed by atoms with Crippen LogP contribution in [0.5, 0.6) is 0 Å². The molecule has 0 aliphatic rings. The van der Waals surface area contributed by atoms with Gasteiger partial charge in [0, 0.05) is 13.0 Å². The number of hydrogen-bond acceptors (Lipinski definition) is 4. The average molecular weight is 244 g/mol. The van der Waals surface area contributed by atoms with E-state index in [-0.39, 0.29) is 18.3 Å². The molecule has 1 amide bonds. The van der Waals surface area contributed by atoms with E-state index in [2.05, 4.69) is 17.0 Å². The normalized spacial score (nSPS) is 11.9.